The Morgan fingerprint density at radius 3 is 2.32 bits per heavy atom. The molecule has 4 amide bonds. The second-order valence-electron chi connectivity index (χ2n) is 8.33. The Kier molecular flexibility index (Phi) is 6.63. The monoisotopic (exact) mass is 423 g/mol. The van der Waals surface area contributed by atoms with Gasteiger partial charge in [0, 0.05) is 5.69 Å². The lowest BCUT2D eigenvalue weighted by atomic mass is 9.93. The quantitative estimate of drug-likeness (QED) is 0.634. The highest BCUT2D eigenvalue weighted by Gasteiger charge is 2.47. The number of nitrogens with one attached hydrogen (secondary N) is 2. The van der Waals surface area contributed by atoms with E-state index in [0.717, 1.165) is 16.2 Å². The molecular weight excluding hydrogens is 394 g/mol. The smallest absolute Gasteiger partial charge is 0.325 e. The fraction of sp³-hybridized carbons (Fsp3) is 0.375. The summed E-state index contributed by atoms with van der Waals surface area (Å²) in [6.07, 6.45) is 1.04. The molecule has 0 aliphatic carbocycles. The second-order valence-corrected chi connectivity index (χ2v) is 8.33. The molecule has 0 saturated carbocycles. The van der Waals surface area contributed by atoms with Gasteiger partial charge in [-0.25, -0.2) is 4.79 Å². The summed E-state index contributed by atoms with van der Waals surface area (Å²) in [6, 6.07) is 14.6. The van der Waals surface area contributed by atoms with Crippen LogP contribution in [0.5, 0.6) is 5.75 Å². The van der Waals surface area contributed by atoms with Gasteiger partial charge in [-0.1, -0.05) is 38.1 Å². The van der Waals surface area contributed by atoms with Crippen molar-refractivity contribution in [1.29, 1.82) is 0 Å². The lowest BCUT2D eigenvalue weighted by Crippen LogP contribution is -2.45. The number of imide groups is 1. The predicted octanol–water partition coefficient (Wildman–Crippen LogP) is 3.70. The topological polar surface area (TPSA) is 87.7 Å². The van der Waals surface area contributed by atoms with Gasteiger partial charge in [-0.05, 0) is 61.1 Å². The van der Waals surface area contributed by atoms with Crippen LogP contribution in [0.3, 0.4) is 0 Å². The van der Waals surface area contributed by atoms with Crippen molar-refractivity contribution >= 4 is 23.5 Å². The predicted molar refractivity (Wildman–Crippen MR) is 119 cm³/mol. The van der Waals surface area contributed by atoms with E-state index >= 15 is 0 Å². The lowest BCUT2D eigenvalue weighted by Gasteiger charge is -2.21. The van der Waals surface area contributed by atoms with Crippen LogP contribution < -0.4 is 15.4 Å². The summed E-state index contributed by atoms with van der Waals surface area (Å²) in [5.74, 6) is 0.346. The van der Waals surface area contributed by atoms with Crippen LogP contribution in [0.1, 0.15) is 44.2 Å². The Hall–Kier alpha value is -3.35. The summed E-state index contributed by atoms with van der Waals surface area (Å²) in [4.78, 5) is 38.7. The van der Waals surface area contributed by atoms with Gasteiger partial charge in [-0.2, -0.15) is 0 Å². The van der Waals surface area contributed by atoms with E-state index in [4.69, 9.17) is 4.74 Å². The molecule has 2 aromatic rings. The number of carbonyl (C=O) groups is 3. The zero-order valence-corrected chi connectivity index (χ0v) is 18.4. The molecule has 1 fully saturated rings. The third-order valence-electron chi connectivity index (χ3n) is 5.58. The zero-order chi connectivity index (χ0) is 22.6. The molecule has 3 rings (SSSR count). The van der Waals surface area contributed by atoms with E-state index in [1.165, 1.54) is 5.56 Å². The van der Waals surface area contributed by atoms with Crippen molar-refractivity contribution in [2.75, 3.05) is 19.0 Å². The normalized spacial score (nSPS) is 18.3. The number of anilines is 1. The molecule has 0 aromatic heterocycles. The van der Waals surface area contributed by atoms with Gasteiger partial charge >= 0.3 is 6.03 Å². The Labute approximate surface area is 182 Å². The number of amides is 4. The molecule has 7 heteroatoms. The molecule has 1 heterocycles. The minimum Gasteiger partial charge on any atom is -0.497 e. The molecule has 164 valence electrons. The van der Waals surface area contributed by atoms with E-state index in [0.29, 0.717) is 24.4 Å². The summed E-state index contributed by atoms with van der Waals surface area (Å²) in [5.41, 5.74) is 1.78. The first-order chi connectivity index (χ1) is 14.7. The first-order valence-electron chi connectivity index (χ1n) is 10.4. The second kappa shape index (κ2) is 9.20. The molecule has 1 atom stereocenters. The Morgan fingerprint density at radius 1 is 1.10 bits per heavy atom. The van der Waals surface area contributed by atoms with Crippen molar-refractivity contribution in [2.45, 2.75) is 45.1 Å². The number of hydrogen-bond donors (Lipinski definition) is 2. The molecule has 31 heavy (non-hydrogen) atoms. The van der Waals surface area contributed by atoms with Gasteiger partial charge in [0.1, 0.15) is 17.8 Å². The van der Waals surface area contributed by atoms with Crippen molar-refractivity contribution in [1.82, 2.24) is 10.2 Å². The molecule has 2 aromatic carbocycles. The number of aryl methyl sites for hydroxylation is 1. The minimum absolute atomic E-state index is 0.325. The molecule has 0 spiro atoms. The number of methoxy groups -OCH3 is 1. The van der Waals surface area contributed by atoms with Crippen LogP contribution >= 0.6 is 0 Å². The summed E-state index contributed by atoms with van der Waals surface area (Å²) in [7, 11) is 1.61. The molecule has 2 N–H and O–H groups in total. The number of rotatable bonds is 8. The summed E-state index contributed by atoms with van der Waals surface area (Å²) >= 11 is 0. The highest BCUT2D eigenvalue weighted by Crippen LogP contribution is 2.24. The van der Waals surface area contributed by atoms with Crippen LogP contribution in [0.2, 0.25) is 0 Å². The van der Waals surface area contributed by atoms with E-state index in [-0.39, 0.29) is 6.54 Å². The van der Waals surface area contributed by atoms with Crippen LogP contribution in [-0.2, 0) is 16.0 Å². The highest BCUT2D eigenvalue weighted by atomic mass is 16.5. The average molecular weight is 424 g/mol. The largest absolute Gasteiger partial charge is 0.497 e. The van der Waals surface area contributed by atoms with E-state index in [1.54, 1.807) is 14.0 Å². The third kappa shape index (κ3) is 5.23. The van der Waals surface area contributed by atoms with Gasteiger partial charge in [0.2, 0.25) is 5.91 Å². The number of nitrogens with zero attached hydrogens (tertiary/aromatic N) is 1. The Morgan fingerprint density at radius 2 is 1.74 bits per heavy atom. The number of urea groups is 1. The van der Waals surface area contributed by atoms with Crippen molar-refractivity contribution in [3.05, 3.63) is 59.7 Å². The summed E-state index contributed by atoms with van der Waals surface area (Å²) in [6.45, 7) is 5.56. The standard InChI is InChI=1S/C24H29N3O4/c1-16(2)18-7-9-19(10-8-18)25-21(28)15-27-22(29)24(3,26-23(27)30)14-13-17-5-11-20(31-4)12-6-17/h5-12,16H,13-15H2,1-4H3,(H,25,28)(H,26,30)/t24-/m1/s1. The van der Waals surface area contributed by atoms with E-state index in [1.807, 2.05) is 48.5 Å². The van der Waals surface area contributed by atoms with Crippen molar-refractivity contribution < 1.29 is 19.1 Å². The number of benzene rings is 2. The lowest BCUT2D eigenvalue weighted by molar-refractivity contribution is -0.133. The van der Waals surface area contributed by atoms with E-state index in [9.17, 15) is 14.4 Å². The van der Waals surface area contributed by atoms with Crippen LogP contribution in [0.15, 0.2) is 48.5 Å². The van der Waals surface area contributed by atoms with Crippen molar-refractivity contribution in [3.63, 3.8) is 0 Å². The molecule has 0 bridgehead atoms. The fourth-order valence-corrected chi connectivity index (χ4v) is 3.54. The van der Waals surface area contributed by atoms with Crippen LogP contribution in [0, 0.1) is 0 Å². The van der Waals surface area contributed by atoms with E-state index < -0.39 is 23.4 Å². The summed E-state index contributed by atoms with van der Waals surface area (Å²) < 4.78 is 5.15. The maximum atomic E-state index is 12.9. The molecule has 0 unspecified atom stereocenters. The van der Waals surface area contributed by atoms with Gasteiger partial charge in [-0.3, -0.25) is 14.5 Å². The fourth-order valence-electron chi connectivity index (χ4n) is 3.54. The Bertz CT molecular complexity index is 954. The zero-order valence-electron chi connectivity index (χ0n) is 18.4. The minimum atomic E-state index is -1.05. The average Bonchev–Trinajstić information content (AvgIpc) is 2.96. The Balaban J connectivity index is 1.58. The number of ether oxygens (including phenoxy) is 1. The number of carbonyl (C=O) groups excluding carboxylic acids is 3. The molecule has 1 aliphatic rings. The van der Waals surface area contributed by atoms with Crippen molar-refractivity contribution in [2.24, 2.45) is 0 Å². The van der Waals surface area contributed by atoms with Gasteiger partial charge in [0.15, 0.2) is 0 Å². The van der Waals surface area contributed by atoms with Crippen LogP contribution in [0.4, 0.5) is 10.5 Å². The molecule has 1 saturated heterocycles. The molecule has 7 nitrogen and oxygen atoms in total. The van der Waals surface area contributed by atoms with Gasteiger partial charge in [0.05, 0.1) is 7.11 Å². The third-order valence-corrected chi connectivity index (χ3v) is 5.58. The van der Waals surface area contributed by atoms with Crippen LogP contribution in [-0.4, -0.2) is 41.9 Å². The molecule has 1 aliphatic heterocycles. The summed E-state index contributed by atoms with van der Waals surface area (Å²) in [5, 5.41) is 5.49. The van der Waals surface area contributed by atoms with E-state index in [2.05, 4.69) is 24.5 Å². The molecular formula is C24H29N3O4. The maximum absolute atomic E-state index is 12.9. The van der Waals surface area contributed by atoms with Crippen molar-refractivity contribution in [3.8, 4) is 5.75 Å². The van der Waals surface area contributed by atoms with Gasteiger partial charge < -0.3 is 15.4 Å². The SMILES string of the molecule is COc1ccc(CC[C@@]2(C)NC(=O)N(CC(=O)Nc3ccc(C(C)C)cc3)C2=O)cc1. The van der Waals surface area contributed by atoms with Gasteiger partial charge in [0.25, 0.3) is 5.91 Å². The highest BCUT2D eigenvalue weighted by molar-refractivity contribution is 6.09. The molecule has 0 radical (unpaired) electrons. The number of hydrogen-bond acceptors (Lipinski definition) is 4. The maximum Gasteiger partial charge on any atom is 0.325 e. The first kappa shape index (κ1) is 22.3. The van der Waals surface area contributed by atoms with Crippen LogP contribution in [0.25, 0.3) is 0 Å². The first-order valence-corrected chi connectivity index (χ1v) is 10.4. The van der Waals surface area contributed by atoms with Gasteiger partial charge in [-0.15, -0.1) is 0 Å².